The number of carbonyl (C=O) groups is 1. The lowest BCUT2D eigenvalue weighted by Gasteiger charge is -2.10. The number of amides is 1. The summed E-state index contributed by atoms with van der Waals surface area (Å²) in [5.74, 6) is 0.368. The molecule has 4 rings (SSSR count). The number of para-hydroxylation sites is 1. The summed E-state index contributed by atoms with van der Waals surface area (Å²) in [5.41, 5.74) is 5.72. The molecule has 0 saturated carbocycles. The highest BCUT2D eigenvalue weighted by atomic mass is 32.2. The van der Waals surface area contributed by atoms with Gasteiger partial charge in [0.05, 0.1) is 16.2 Å². The smallest absolute Gasteiger partial charge is 0.272 e. The van der Waals surface area contributed by atoms with E-state index in [2.05, 4.69) is 25.7 Å². The SMILES string of the molecule is Cc1ccc(-n2c(SCC(=O)NN=CC=Cc3ccccc3[N+](=O)[O-])nnc2-c2ccncc2)cc1. The summed E-state index contributed by atoms with van der Waals surface area (Å²) < 4.78 is 1.89. The van der Waals surface area contributed by atoms with Gasteiger partial charge in [0.25, 0.3) is 11.6 Å². The van der Waals surface area contributed by atoms with E-state index in [1.54, 1.807) is 36.7 Å². The molecule has 10 nitrogen and oxygen atoms in total. The van der Waals surface area contributed by atoms with E-state index in [4.69, 9.17) is 0 Å². The molecule has 2 aromatic carbocycles. The fourth-order valence-electron chi connectivity index (χ4n) is 3.23. The Hall–Kier alpha value is -4.64. The van der Waals surface area contributed by atoms with Gasteiger partial charge in [0.1, 0.15) is 0 Å². The van der Waals surface area contributed by atoms with Crippen LogP contribution in [0.15, 0.2) is 89.4 Å². The third-order valence-electron chi connectivity index (χ3n) is 4.96. The summed E-state index contributed by atoms with van der Waals surface area (Å²) in [7, 11) is 0. The molecule has 36 heavy (non-hydrogen) atoms. The maximum Gasteiger partial charge on any atom is 0.276 e. The van der Waals surface area contributed by atoms with Gasteiger partial charge in [0.2, 0.25) is 0 Å². The van der Waals surface area contributed by atoms with Crippen molar-refractivity contribution in [1.82, 2.24) is 25.2 Å². The van der Waals surface area contributed by atoms with Crippen molar-refractivity contribution in [2.75, 3.05) is 5.75 Å². The molecule has 0 saturated heterocycles. The second-order valence-corrected chi connectivity index (χ2v) is 8.43. The average Bonchev–Trinajstić information content (AvgIpc) is 3.32. The van der Waals surface area contributed by atoms with Gasteiger partial charge in [-0.25, -0.2) is 5.43 Å². The maximum absolute atomic E-state index is 12.3. The first-order chi connectivity index (χ1) is 17.5. The van der Waals surface area contributed by atoms with Crippen LogP contribution in [-0.4, -0.2) is 42.5 Å². The van der Waals surface area contributed by atoms with Gasteiger partial charge in [0.15, 0.2) is 11.0 Å². The van der Waals surface area contributed by atoms with Gasteiger partial charge in [0, 0.05) is 35.9 Å². The number of aromatic nitrogens is 4. The lowest BCUT2D eigenvalue weighted by Crippen LogP contribution is -2.19. The first-order valence-electron chi connectivity index (χ1n) is 10.8. The van der Waals surface area contributed by atoms with Crippen molar-refractivity contribution in [3.05, 3.63) is 100 Å². The Labute approximate surface area is 211 Å². The molecule has 11 heteroatoms. The third kappa shape index (κ3) is 6.07. The molecule has 0 bridgehead atoms. The van der Waals surface area contributed by atoms with E-state index in [-0.39, 0.29) is 17.3 Å². The molecule has 0 aliphatic carbocycles. The Morgan fingerprint density at radius 2 is 1.86 bits per heavy atom. The molecule has 0 atom stereocenters. The quantitative estimate of drug-likeness (QED) is 0.156. The third-order valence-corrected chi connectivity index (χ3v) is 5.88. The molecule has 0 aliphatic heterocycles. The van der Waals surface area contributed by atoms with Crippen LogP contribution in [0.4, 0.5) is 5.69 Å². The van der Waals surface area contributed by atoms with Crippen molar-refractivity contribution in [2.45, 2.75) is 12.1 Å². The Morgan fingerprint density at radius 3 is 2.61 bits per heavy atom. The number of hydrogen-bond acceptors (Lipinski definition) is 8. The zero-order valence-corrected chi connectivity index (χ0v) is 20.0. The summed E-state index contributed by atoms with van der Waals surface area (Å²) >= 11 is 1.23. The van der Waals surface area contributed by atoms with Gasteiger partial charge < -0.3 is 0 Å². The molecular weight excluding hydrogens is 478 g/mol. The molecule has 4 aromatic rings. The first kappa shape index (κ1) is 24.5. The van der Waals surface area contributed by atoms with E-state index in [1.807, 2.05) is 47.9 Å². The fraction of sp³-hybridized carbons (Fsp3) is 0.0800. The van der Waals surface area contributed by atoms with E-state index < -0.39 is 4.92 Å². The number of rotatable bonds is 9. The Kier molecular flexibility index (Phi) is 7.94. The summed E-state index contributed by atoms with van der Waals surface area (Å²) in [6, 6.07) is 18.0. The molecule has 2 heterocycles. The Balaban J connectivity index is 1.42. The second-order valence-electron chi connectivity index (χ2n) is 7.49. The van der Waals surface area contributed by atoms with Crippen LogP contribution >= 0.6 is 11.8 Å². The van der Waals surface area contributed by atoms with Crippen LogP contribution in [0, 0.1) is 17.0 Å². The van der Waals surface area contributed by atoms with Crippen LogP contribution in [0.2, 0.25) is 0 Å². The minimum absolute atomic E-state index is 0.00795. The number of hydrogen-bond donors (Lipinski definition) is 1. The van der Waals surface area contributed by atoms with Crippen LogP contribution in [-0.2, 0) is 4.79 Å². The Morgan fingerprint density at radius 1 is 1.11 bits per heavy atom. The average molecular weight is 500 g/mol. The highest BCUT2D eigenvalue weighted by molar-refractivity contribution is 7.99. The largest absolute Gasteiger partial charge is 0.276 e. The van der Waals surface area contributed by atoms with Gasteiger partial charge in [-0.3, -0.25) is 24.5 Å². The number of benzene rings is 2. The number of allylic oxidation sites excluding steroid dienone is 1. The molecule has 0 spiro atoms. The van der Waals surface area contributed by atoms with E-state index >= 15 is 0 Å². The number of hydrazone groups is 1. The second kappa shape index (κ2) is 11.7. The number of aryl methyl sites for hydroxylation is 1. The monoisotopic (exact) mass is 499 g/mol. The minimum Gasteiger partial charge on any atom is -0.272 e. The highest BCUT2D eigenvalue weighted by Crippen LogP contribution is 2.27. The van der Waals surface area contributed by atoms with Crippen LogP contribution in [0.3, 0.4) is 0 Å². The normalized spacial score (nSPS) is 11.2. The Bertz CT molecular complexity index is 1420. The molecule has 180 valence electrons. The molecule has 0 fully saturated rings. The van der Waals surface area contributed by atoms with E-state index in [9.17, 15) is 14.9 Å². The van der Waals surface area contributed by atoms with Crippen LogP contribution in [0.25, 0.3) is 23.2 Å². The van der Waals surface area contributed by atoms with Crippen molar-refractivity contribution in [3.63, 3.8) is 0 Å². The molecular formula is C25H21N7O3S. The van der Waals surface area contributed by atoms with Crippen molar-refractivity contribution in [1.29, 1.82) is 0 Å². The summed E-state index contributed by atoms with van der Waals surface area (Å²) in [4.78, 5) is 27.0. The first-order valence-corrected chi connectivity index (χ1v) is 11.8. The van der Waals surface area contributed by atoms with E-state index in [0.29, 0.717) is 16.5 Å². The molecule has 0 aliphatic rings. The molecule has 0 unspecified atom stereocenters. The number of thioether (sulfide) groups is 1. The lowest BCUT2D eigenvalue weighted by molar-refractivity contribution is -0.385. The van der Waals surface area contributed by atoms with Crippen molar-refractivity contribution >= 4 is 35.6 Å². The van der Waals surface area contributed by atoms with Gasteiger partial charge in [-0.15, -0.1) is 10.2 Å². The number of nitro benzene ring substituents is 1. The standard InChI is InChI=1S/C25H21N7O3S/c1-18-8-10-21(11-9-18)31-24(20-12-15-26-16-13-20)29-30-25(31)36-17-23(33)28-27-14-4-6-19-5-2-3-7-22(19)32(34)35/h2-16H,17H2,1H3,(H,28,33). The predicted octanol–water partition coefficient (Wildman–Crippen LogP) is 4.45. The van der Waals surface area contributed by atoms with Gasteiger partial charge in [-0.05, 0) is 49.4 Å². The zero-order chi connectivity index (χ0) is 25.3. The summed E-state index contributed by atoms with van der Waals surface area (Å²) in [6.07, 6.45) is 7.80. The van der Waals surface area contributed by atoms with Crippen molar-refractivity contribution in [2.24, 2.45) is 5.10 Å². The van der Waals surface area contributed by atoms with Gasteiger partial charge in [-0.2, -0.15) is 5.10 Å². The summed E-state index contributed by atoms with van der Waals surface area (Å²) in [5, 5.41) is 24.1. The molecule has 1 amide bonds. The van der Waals surface area contributed by atoms with Crippen molar-refractivity contribution < 1.29 is 9.72 Å². The molecule has 2 aromatic heterocycles. The van der Waals surface area contributed by atoms with Crippen LogP contribution < -0.4 is 5.43 Å². The number of pyridine rings is 1. The minimum atomic E-state index is -0.453. The maximum atomic E-state index is 12.3. The lowest BCUT2D eigenvalue weighted by atomic mass is 10.2. The molecule has 1 N–H and O–H groups in total. The van der Waals surface area contributed by atoms with E-state index in [0.717, 1.165) is 16.8 Å². The predicted molar refractivity (Wildman–Crippen MR) is 139 cm³/mol. The zero-order valence-electron chi connectivity index (χ0n) is 19.2. The van der Waals surface area contributed by atoms with Crippen molar-refractivity contribution in [3.8, 4) is 17.1 Å². The number of nitrogens with zero attached hydrogens (tertiary/aromatic N) is 6. The van der Waals surface area contributed by atoms with Gasteiger partial charge in [-0.1, -0.05) is 41.6 Å². The molecule has 0 radical (unpaired) electrons. The number of nitrogens with one attached hydrogen (secondary N) is 1. The van der Waals surface area contributed by atoms with Crippen LogP contribution in [0.1, 0.15) is 11.1 Å². The highest BCUT2D eigenvalue weighted by Gasteiger charge is 2.17. The van der Waals surface area contributed by atoms with E-state index in [1.165, 1.54) is 30.1 Å². The fourth-order valence-corrected chi connectivity index (χ4v) is 3.98. The summed E-state index contributed by atoms with van der Waals surface area (Å²) in [6.45, 7) is 2.01. The number of nitro groups is 1. The van der Waals surface area contributed by atoms with Crippen LogP contribution in [0.5, 0.6) is 0 Å². The van der Waals surface area contributed by atoms with Gasteiger partial charge >= 0.3 is 0 Å². The number of carbonyl (C=O) groups excluding carboxylic acids is 1. The topological polar surface area (TPSA) is 128 Å².